The van der Waals surface area contributed by atoms with E-state index in [4.69, 9.17) is 0 Å². The highest BCUT2D eigenvalue weighted by Gasteiger charge is 2.10. The molecule has 0 aliphatic carbocycles. The molecule has 0 aliphatic rings. The van der Waals surface area contributed by atoms with Gasteiger partial charge in [0.05, 0.1) is 0 Å². The normalized spacial score (nSPS) is 12.3. The molecule has 112 valence electrons. The minimum absolute atomic E-state index is 0.410. The Morgan fingerprint density at radius 1 is 1.00 bits per heavy atom. The molecule has 1 N–H and O–H groups in total. The van der Waals surface area contributed by atoms with Crippen LogP contribution in [0.25, 0.3) is 0 Å². The zero-order chi connectivity index (χ0) is 14.9. The van der Waals surface area contributed by atoms with Gasteiger partial charge >= 0.3 is 0 Å². The second kappa shape index (κ2) is 8.58. The predicted molar refractivity (Wildman–Crippen MR) is 89.4 cm³/mol. The highest BCUT2D eigenvalue weighted by Crippen LogP contribution is 2.20. The van der Waals surface area contributed by atoms with Gasteiger partial charge in [-0.15, -0.1) is 0 Å². The second-order valence-corrected chi connectivity index (χ2v) is 5.46. The molecule has 0 amide bonds. The van der Waals surface area contributed by atoms with Crippen LogP contribution >= 0.6 is 0 Å². The van der Waals surface area contributed by atoms with Gasteiger partial charge in [-0.2, -0.15) is 0 Å². The number of pyridine rings is 1. The van der Waals surface area contributed by atoms with E-state index in [-0.39, 0.29) is 0 Å². The topological polar surface area (TPSA) is 24.9 Å². The van der Waals surface area contributed by atoms with Crippen LogP contribution in [0.4, 0.5) is 0 Å². The van der Waals surface area contributed by atoms with E-state index < -0.39 is 0 Å². The van der Waals surface area contributed by atoms with Gasteiger partial charge in [-0.3, -0.25) is 4.98 Å². The van der Waals surface area contributed by atoms with Crippen molar-refractivity contribution in [2.24, 2.45) is 0 Å². The van der Waals surface area contributed by atoms with Gasteiger partial charge in [0.2, 0.25) is 0 Å². The number of aryl methyl sites for hydroxylation is 2. The van der Waals surface area contributed by atoms with Crippen molar-refractivity contribution in [3.63, 3.8) is 0 Å². The first-order valence-corrected chi connectivity index (χ1v) is 8.05. The van der Waals surface area contributed by atoms with Crippen molar-refractivity contribution in [1.29, 1.82) is 0 Å². The Labute approximate surface area is 128 Å². The highest BCUT2D eigenvalue weighted by molar-refractivity contribution is 5.25. The van der Waals surface area contributed by atoms with Gasteiger partial charge in [0.15, 0.2) is 0 Å². The maximum atomic E-state index is 4.42. The molecular weight excluding hydrogens is 256 g/mol. The van der Waals surface area contributed by atoms with Crippen molar-refractivity contribution in [3.8, 4) is 0 Å². The molecule has 2 rings (SSSR count). The van der Waals surface area contributed by atoms with Gasteiger partial charge in [0, 0.05) is 17.9 Å². The summed E-state index contributed by atoms with van der Waals surface area (Å²) in [7, 11) is 0. The van der Waals surface area contributed by atoms with Crippen molar-refractivity contribution in [3.05, 3.63) is 65.5 Å². The number of rotatable bonds is 8. The first-order chi connectivity index (χ1) is 10.3. The monoisotopic (exact) mass is 282 g/mol. The summed E-state index contributed by atoms with van der Waals surface area (Å²) in [5.41, 5.74) is 3.98. The van der Waals surface area contributed by atoms with Crippen molar-refractivity contribution in [2.75, 3.05) is 6.54 Å². The van der Waals surface area contributed by atoms with Crippen LogP contribution in [0.15, 0.2) is 48.7 Å². The molecule has 2 nitrogen and oxygen atoms in total. The molecule has 1 heterocycles. The molecule has 0 saturated carbocycles. The van der Waals surface area contributed by atoms with E-state index in [0.29, 0.717) is 6.04 Å². The molecule has 21 heavy (non-hydrogen) atoms. The van der Waals surface area contributed by atoms with Gasteiger partial charge in [-0.1, -0.05) is 50.6 Å². The lowest BCUT2D eigenvalue weighted by atomic mass is 9.98. The fourth-order valence-corrected chi connectivity index (χ4v) is 2.68. The maximum Gasteiger partial charge on any atom is 0.0404 e. The van der Waals surface area contributed by atoms with Gasteiger partial charge in [-0.25, -0.2) is 0 Å². The van der Waals surface area contributed by atoms with E-state index in [9.17, 15) is 0 Å². The second-order valence-electron chi connectivity index (χ2n) is 5.46. The molecule has 1 aromatic heterocycles. The number of hydrogen-bond donors (Lipinski definition) is 1. The zero-order valence-electron chi connectivity index (χ0n) is 13.2. The molecule has 1 aromatic carbocycles. The summed E-state index contributed by atoms with van der Waals surface area (Å²) >= 11 is 0. The molecular formula is C19H26N2. The molecule has 1 unspecified atom stereocenters. The lowest BCUT2D eigenvalue weighted by Gasteiger charge is -2.18. The summed E-state index contributed by atoms with van der Waals surface area (Å²) in [6.45, 7) is 5.38. The van der Waals surface area contributed by atoms with Crippen molar-refractivity contribution >= 4 is 0 Å². The molecule has 1 atom stereocenters. The quantitative estimate of drug-likeness (QED) is 0.780. The fraction of sp³-hybridized carbons (Fsp3) is 0.421. The van der Waals surface area contributed by atoms with Crippen molar-refractivity contribution in [2.45, 2.75) is 45.6 Å². The van der Waals surface area contributed by atoms with Crippen LogP contribution in [0.1, 0.15) is 49.6 Å². The summed E-state index contributed by atoms with van der Waals surface area (Å²) in [6.07, 6.45) is 6.33. The van der Waals surface area contributed by atoms with Gasteiger partial charge in [-0.05, 0) is 49.1 Å². The molecule has 0 spiro atoms. The molecule has 0 aliphatic heterocycles. The van der Waals surface area contributed by atoms with Gasteiger partial charge < -0.3 is 5.32 Å². The Hall–Kier alpha value is -1.67. The number of nitrogens with one attached hydrogen (secondary N) is 1. The fourth-order valence-electron chi connectivity index (χ4n) is 2.68. The van der Waals surface area contributed by atoms with Crippen LogP contribution in [0.3, 0.4) is 0 Å². The maximum absolute atomic E-state index is 4.42. The van der Waals surface area contributed by atoms with Gasteiger partial charge in [0.25, 0.3) is 0 Å². The molecule has 0 bridgehead atoms. The van der Waals surface area contributed by atoms with Crippen LogP contribution in [-0.4, -0.2) is 11.5 Å². The minimum Gasteiger partial charge on any atom is -0.310 e. The van der Waals surface area contributed by atoms with Crippen LogP contribution in [0.2, 0.25) is 0 Å². The van der Waals surface area contributed by atoms with E-state index in [1.807, 2.05) is 12.3 Å². The predicted octanol–water partition coefficient (Wildman–Crippen LogP) is 4.32. The average Bonchev–Trinajstić information content (AvgIpc) is 2.54. The molecule has 2 aromatic rings. The standard InChI is InChI=1S/C19H26N2/c1-3-7-16-9-11-17(12-10-16)19(20-4-2)14-13-18-8-5-6-15-21-18/h5-6,8-12,15,19-20H,3-4,7,13-14H2,1-2H3. The number of hydrogen-bond acceptors (Lipinski definition) is 2. The summed E-state index contributed by atoms with van der Waals surface area (Å²) in [5, 5.41) is 3.59. The lowest BCUT2D eigenvalue weighted by Crippen LogP contribution is -2.21. The summed E-state index contributed by atoms with van der Waals surface area (Å²) in [5.74, 6) is 0. The average molecular weight is 282 g/mol. The van der Waals surface area contributed by atoms with E-state index in [0.717, 1.165) is 19.4 Å². The Kier molecular flexibility index (Phi) is 6.42. The SMILES string of the molecule is CCCc1ccc(C(CCc2ccccn2)NCC)cc1. The first-order valence-electron chi connectivity index (χ1n) is 8.05. The molecule has 2 heteroatoms. The Morgan fingerprint density at radius 2 is 1.81 bits per heavy atom. The first kappa shape index (κ1) is 15.7. The van der Waals surface area contributed by atoms with Crippen LogP contribution in [-0.2, 0) is 12.8 Å². The van der Waals surface area contributed by atoms with Crippen LogP contribution < -0.4 is 5.32 Å². The van der Waals surface area contributed by atoms with Crippen LogP contribution in [0.5, 0.6) is 0 Å². The number of benzene rings is 1. The Balaban J connectivity index is 2.00. The third kappa shape index (κ3) is 4.98. The van der Waals surface area contributed by atoms with Gasteiger partial charge in [0.1, 0.15) is 0 Å². The van der Waals surface area contributed by atoms with Crippen LogP contribution in [0, 0.1) is 0 Å². The molecule has 0 fully saturated rings. The molecule has 0 saturated heterocycles. The summed E-state index contributed by atoms with van der Waals surface area (Å²) < 4.78 is 0. The third-order valence-corrected chi connectivity index (χ3v) is 3.79. The minimum atomic E-state index is 0.410. The Bertz CT molecular complexity index is 505. The van der Waals surface area contributed by atoms with Crippen molar-refractivity contribution < 1.29 is 0 Å². The largest absolute Gasteiger partial charge is 0.310 e. The van der Waals surface area contributed by atoms with E-state index >= 15 is 0 Å². The van der Waals surface area contributed by atoms with E-state index in [2.05, 4.69) is 60.5 Å². The van der Waals surface area contributed by atoms with E-state index in [1.165, 1.54) is 29.7 Å². The zero-order valence-corrected chi connectivity index (χ0v) is 13.2. The number of aromatic nitrogens is 1. The smallest absolute Gasteiger partial charge is 0.0404 e. The number of nitrogens with zero attached hydrogens (tertiary/aromatic N) is 1. The molecule has 0 radical (unpaired) electrons. The lowest BCUT2D eigenvalue weighted by molar-refractivity contribution is 0.512. The van der Waals surface area contributed by atoms with Crippen molar-refractivity contribution in [1.82, 2.24) is 10.3 Å². The summed E-state index contributed by atoms with van der Waals surface area (Å²) in [6, 6.07) is 15.6. The Morgan fingerprint density at radius 3 is 2.43 bits per heavy atom. The summed E-state index contributed by atoms with van der Waals surface area (Å²) in [4.78, 5) is 4.42. The third-order valence-electron chi connectivity index (χ3n) is 3.79. The highest BCUT2D eigenvalue weighted by atomic mass is 14.9. The van der Waals surface area contributed by atoms with E-state index in [1.54, 1.807) is 0 Å².